The Morgan fingerprint density at radius 3 is 2.42 bits per heavy atom. The lowest BCUT2D eigenvalue weighted by Crippen LogP contribution is -2.39. The molecule has 10 heteroatoms. The number of imidazole rings is 1. The summed E-state index contributed by atoms with van der Waals surface area (Å²) in [5.74, 6) is 0.251. The van der Waals surface area contributed by atoms with Crippen LogP contribution in [-0.2, 0) is 6.42 Å². The number of piperidine rings is 1. The van der Waals surface area contributed by atoms with E-state index < -0.39 is 11.6 Å². The summed E-state index contributed by atoms with van der Waals surface area (Å²) in [5.41, 5.74) is 12.2. The van der Waals surface area contributed by atoms with Gasteiger partial charge in [0.1, 0.15) is 0 Å². The molecule has 8 nitrogen and oxygen atoms in total. The van der Waals surface area contributed by atoms with Crippen molar-refractivity contribution in [3.63, 3.8) is 0 Å². The first-order chi connectivity index (χ1) is 18.5. The molecule has 2 aromatic heterocycles. The van der Waals surface area contributed by atoms with E-state index in [0.29, 0.717) is 30.0 Å². The van der Waals surface area contributed by atoms with Gasteiger partial charge >= 0.3 is 0 Å². The zero-order chi connectivity index (χ0) is 26.1. The Bertz CT molecular complexity index is 1240. The number of fused-ring (bicyclic) bond motifs is 1. The van der Waals surface area contributed by atoms with Crippen LogP contribution in [0.5, 0.6) is 0 Å². The van der Waals surface area contributed by atoms with Crippen LogP contribution in [0.4, 0.5) is 20.5 Å². The molecule has 3 aromatic rings. The van der Waals surface area contributed by atoms with Crippen LogP contribution in [0.3, 0.4) is 0 Å². The highest BCUT2D eigenvalue weighted by Crippen LogP contribution is 2.34. The maximum Gasteiger partial charge on any atom is 0.227 e. The third-order valence-electron chi connectivity index (χ3n) is 8.63. The molecular weight excluding hydrogens is 486 g/mol. The van der Waals surface area contributed by atoms with E-state index in [1.165, 1.54) is 25.0 Å². The van der Waals surface area contributed by atoms with E-state index in [-0.39, 0.29) is 0 Å². The molecule has 2 saturated carbocycles. The number of nitrogens with one attached hydrogen (secondary N) is 2. The van der Waals surface area contributed by atoms with Crippen molar-refractivity contribution in [1.82, 2.24) is 24.5 Å². The Labute approximate surface area is 222 Å². The number of halogens is 2. The Balaban J connectivity index is 1.17. The lowest BCUT2D eigenvalue weighted by molar-refractivity contribution is 0.216. The Hall–Kier alpha value is -2.85. The van der Waals surface area contributed by atoms with Crippen molar-refractivity contribution in [2.45, 2.75) is 88.8 Å². The molecule has 0 atom stereocenters. The number of hydrazine groups is 1. The van der Waals surface area contributed by atoms with Crippen molar-refractivity contribution in [2.75, 3.05) is 23.8 Å². The van der Waals surface area contributed by atoms with Gasteiger partial charge < -0.3 is 21.0 Å². The molecule has 3 aliphatic rings. The smallest absolute Gasteiger partial charge is 0.227 e. The fourth-order valence-electron chi connectivity index (χ4n) is 6.35. The topological polar surface area (TPSA) is 96.9 Å². The molecule has 38 heavy (non-hydrogen) atoms. The predicted octanol–water partition coefficient (Wildman–Crippen LogP) is 5.18. The number of hydrogen-bond acceptors (Lipinski definition) is 7. The molecule has 3 fully saturated rings. The van der Waals surface area contributed by atoms with Crippen LogP contribution in [0, 0.1) is 17.6 Å². The number of hydrogen-bond donors (Lipinski definition) is 3. The number of benzene rings is 1. The zero-order valence-electron chi connectivity index (χ0n) is 21.9. The van der Waals surface area contributed by atoms with Gasteiger partial charge in [-0.3, -0.25) is 0 Å². The summed E-state index contributed by atoms with van der Waals surface area (Å²) < 4.78 is 29.2. The first-order valence-electron chi connectivity index (χ1n) is 14.2. The van der Waals surface area contributed by atoms with Gasteiger partial charge in [-0.05, 0) is 81.4 Å². The molecule has 6 rings (SSSR count). The first-order valence-corrected chi connectivity index (χ1v) is 14.2. The SMILES string of the molecule is NC1CCC(Nc2nc(NN3CCC(Cc4ccc(F)c(F)c4)CC3)c3ncn(C4CCCC4)c3n2)CC1. The molecule has 0 bridgehead atoms. The highest BCUT2D eigenvalue weighted by atomic mass is 19.2. The summed E-state index contributed by atoms with van der Waals surface area (Å²) in [6.45, 7) is 1.68. The van der Waals surface area contributed by atoms with E-state index in [4.69, 9.17) is 20.7 Å². The lowest BCUT2D eigenvalue weighted by Gasteiger charge is -2.32. The number of rotatable bonds is 7. The van der Waals surface area contributed by atoms with Crippen molar-refractivity contribution in [3.05, 3.63) is 41.7 Å². The highest BCUT2D eigenvalue weighted by molar-refractivity contribution is 5.84. The van der Waals surface area contributed by atoms with Crippen LogP contribution in [0.1, 0.15) is 75.8 Å². The molecule has 0 amide bonds. The summed E-state index contributed by atoms with van der Waals surface area (Å²) in [7, 11) is 0. The Kier molecular flexibility index (Phi) is 7.43. The zero-order valence-corrected chi connectivity index (χ0v) is 21.9. The second kappa shape index (κ2) is 11.1. The van der Waals surface area contributed by atoms with E-state index in [0.717, 1.165) is 93.4 Å². The maximum atomic E-state index is 13.6. The van der Waals surface area contributed by atoms with Gasteiger partial charge in [0.05, 0.1) is 6.33 Å². The van der Waals surface area contributed by atoms with Crippen LogP contribution in [0.15, 0.2) is 24.5 Å². The quantitative estimate of drug-likeness (QED) is 0.392. The molecule has 4 N–H and O–H groups in total. The molecule has 2 aliphatic carbocycles. The van der Waals surface area contributed by atoms with Crippen LogP contribution in [0.25, 0.3) is 11.2 Å². The molecule has 1 saturated heterocycles. The van der Waals surface area contributed by atoms with Crippen molar-refractivity contribution in [2.24, 2.45) is 11.7 Å². The standard InChI is InChI=1S/C28H38F2N8/c29-23-10-5-19(16-24(23)30)15-18-11-13-37(14-12-18)36-26-25-27(38(17-32-25)22-3-1-2-4-22)35-28(34-26)33-21-8-6-20(31)7-9-21/h5,10,16-18,20-22H,1-4,6-9,11-15,31H2,(H2,33,34,35,36). The maximum absolute atomic E-state index is 13.6. The highest BCUT2D eigenvalue weighted by Gasteiger charge is 2.26. The number of nitrogens with two attached hydrogens (primary N) is 1. The second-order valence-electron chi connectivity index (χ2n) is 11.4. The van der Waals surface area contributed by atoms with E-state index in [1.54, 1.807) is 6.07 Å². The largest absolute Gasteiger partial charge is 0.351 e. The van der Waals surface area contributed by atoms with Crippen molar-refractivity contribution in [1.29, 1.82) is 0 Å². The number of nitrogens with zero attached hydrogens (tertiary/aromatic N) is 5. The van der Waals surface area contributed by atoms with Gasteiger partial charge in [0.15, 0.2) is 28.6 Å². The fraction of sp³-hybridized carbons (Fsp3) is 0.607. The molecule has 0 unspecified atom stereocenters. The molecule has 0 radical (unpaired) electrons. The molecule has 3 heterocycles. The van der Waals surface area contributed by atoms with Gasteiger partial charge in [-0.15, -0.1) is 0 Å². The summed E-state index contributed by atoms with van der Waals surface area (Å²) in [6.07, 6.45) is 13.5. The van der Waals surface area contributed by atoms with Gasteiger partial charge in [0, 0.05) is 31.2 Å². The van der Waals surface area contributed by atoms with Gasteiger partial charge in [0.2, 0.25) is 5.95 Å². The average molecular weight is 525 g/mol. The predicted molar refractivity (Wildman–Crippen MR) is 145 cm³/mol. The van der Waals surface area contributed by atoms with Crippen LogP contribution >= 0.6 is 0 Å². The van der Waals surface area contributed by atoms with E-state index in [2.05, 4.69) is 20.3 Å². The summed E-state index contributed by atoms with van der Waals surface area (Å²) >= 11 is 0. The number of aromatic nitrogens is 4. The van der Waals surface area contributed by atoms with Gasteiger partial charge in [-0.25, -0.2) is 18.8 Å². The summed E-state index contributed by atoms with van der Waals surface area (Å²) in [5, 5.41) is 5.78. The molecule has 1 aliphatic heterocycles. The second-order valence-corrected chi connectivity index (χ2v) is 11.4. The van der Waals surface area contributed by atoms with E-state index in [1.807, 2.05) is 6.33 Å². The van der Waals surface area contributed by atoms with E-state index >= 15 is 0 Å². The summed E-state index contributed by atoms with van der Waals surface area (Å²) in [6, 6.07) is 5.30. The van der Waals surface area contributed by atoms with Crippen LogP contribution in [0.2, 0.25) is 0 Å². The molecule has 1 aromatic carbocycles. The van der Waals surface area contributed by atoms with Crippen molar-refractivity contribution < 1.29 is 8.78 Å². The molecule has 204 valence electrons. The fourth-order valence-corrected chi connectivity index (χ4v) is 6.35. The van der Waals surface area contributed by atoms with Gasteiger partial charge in [-0.2, -0.15) is 9.97 Å². The van der Waals surface area contributed by atoms with Gasteiger partial charge in [0.25, 0.3) is 0 Å². The average Bonchev–Trinajstić information content (AvgIpc) is 3.59. The van der Waals surface area contributed by atoms with Crippen molar-refractivity contribution in [3.8, 4) is 0 Å². The number of anilines is 2. The minimum Gasteiger partial charge on any atom is -0.351 e. The lowest BCUT2D eigenvalue weighted by atomic mass is 9.90. The van der Waals surface area contributed by atoms with Gasteiger partial charge in [-0.1, -0.05) is 18.9 Å². The minimum atomic E-state index is -0.791. The van der Waals surface area contributed by atoms with Crippen molar-refractivity contribution >= 4 is 22.9 Å². The van der Waals surface area contributed by atoms with Crippen LogP contribution < -0.4 is 16.5 Å². The van der Waals surface area contributed by atoms with E-state index in [9.17, 15) is 8.78 Å². The third-order valence-corrected chi connectivity index (χ3v) is 8.63. The Morgan fingerprint density at radius 2 is 1.68 bits per heavy atom. The minimum absolute atomic E-state index is 0.294. The molecular formula is C28H38F2N8. The van der Waals surface area contributed by atoms with Crippen LogP contribution in [-0.4, -0.2) is 49.7 Å². The normalized spacial score (nSPS) is 23.8. The molecule has 0 spiro atoms. The summed E-state index contributed by atoms with van der Waals surface area (Å²) in [4.78, 5) is 14.6. The first kappa shape index (κ1) is 25.4. The third kappa shape index (κ3) is 5.61. The Morgan fingerprint density at radius 1 is 0.921 bits per heavy atom. The monoisotopic (exact) mass is 524 g/mol.